The van der Waals surface area contributed by atoms with Gasteiger partial charge in [0.1, 0.15) is 0 Å². The highest BCUT2D eigenvalue weighted by Gasteiger charge is 1.96. The first-order valence-corrected chi connectivity index (χ1v) is 6.22. The minimum absolute atomic E-state index is 0.843. The molecular weight excluding hydrogens is 180 g/mol. The number of hydrogen-bond acceptors (Lipinski definition) is 1. The normalized spacial score (nSPS) is 12.8. The molecule has 0 N–H and O–H groups in total. The first kappa shape index (κ1) is 10.5. The molecule has 13 heavy (non-hydrogen) atoms. The summed E-state index contributed by atoms with van der Waals surface area (Å²) >= 11 is 0. The Labute approximate surface area is 82.6 Å². The van der Waals surface area contributed by atoms with Crippen molar-refractivity contribution in [2.75, 3.05) is 6.26 Å². The zero-order valence-corrected chi connectivity index (χ0v) is 9.06. The van der Waals surface area contributed by atoms with Gasteiger partial charge in [-0.3, -0.25) is 4.21 Å². The van der Waals surface area contributed by atoms with E-state index < -0.39 is 10.8 Å². The molecule has 0 heterocycles. The highest BCUT2D eigenvalue weighted by Crippen LogP contribution is 2.09. The Bertz CT molecular complexity index is 277. The van der Waals surface area contributed by atoms with Crippen LogP contribution < -0.4 is 0 Å². The fraction of sp³-hybridized carbons (Fsp3) is 0.455. The molecule has 0 amide bonds. The van der Waals surface area contributed by atoms with Gasteiger partial charge in [-0.25, -0.2) is 0 Å². The van der Waals surface area contributed by atoms with Gasteiger partial charge in [-0.2, -0.15) is 0 Å². The van der Waals surface area contributed by atoms with Gasteiger partial charge >= 0.3 is 0 Å². The van der Waals surface area contributed by atoms with E-state index in [9.17, 15) is 4.21 Å². The summed E-state index contributed by atoms with van der Waals surface area (Å²) in [5, 5.41) is 0. The second-order valence-electron chi connectivity index (χ2n) is 3.20. The molecule has 1 rings (SSSR count). The van der Waals surface area contributed by atoms with Crippen LogP contribution in [-0.4, -0.2) is 10.5 Å². The van der Waals surface area contributed by atoms with Crippen molar-refractivity contribution in [1.29, 1.82) is 0 Å². The molecule has 0 radical (unpaired) electrons. The van der Waals surface area contributed by atoms with Gasteiger partial charge in [-0.05, 0) is 30.5 Å². The second kappa shape index (κ2) is 5.18. The summed E-state index contributed by atoms with van der Waals surface area (Å²) in [6, 6.07) is 8.07. The van der Waals surface area contributed by atoms with Crippen molar-refractivity contribution in [2.45, 2.75) is 31.1 Å². The second-order valence-corrected chi connectivity index (χ2v) is 4.58. The van der Waals surface area contributed by atoms with Crippen LogP contribution in [-0.2, 0) is 17.2 Å². The first-order chi connectivity index (χ1) is 6.24. The Morgan fingerprint density at radius 2 is 1.85 bits per heavy atom. The van der Waals surface area contributed by atoms with Crippen LogP contribution in [0.2, 0.25) is 0 Å². The van der Waals surface area contributed by atoms with E-state index in [1.807, 2.05) is 12.1 Å². The van der Waals surface area contributed by atoms with Crippen LogP contribution >= 0.6 is 0 Å². The van der Waals surface area contributed by atoms with E-state index in [-0.39, 0.29) is 0 Å². The van der Waals surface area contributed by atoms with Gasteiger partial charge in [0.15, 0.2) is 0 Å². The Kier molecular flexibility index (Phi) is 4.16. The summed E-state index contributed by atoms with van der Waals surface area (Å²) in [6.45, 7) is 2.19. The van der Waals surface area contributed by atoms with Crippen molar-refractivity contribution >= 4 is 10.8 Å². The van der Waals surface area contributed by atoms with Gasteiger partial charge in [0.2, 0.25) is 0 Å². The zero-order valence-electron chi connectivity index (χ0n) is 8.25. The largest absolute Gasteiger partial charge is 0.255 e. The van der Waals surface area contributed by atoms with Gasteiger partial charge < -0.3 is 0 Å². The molecule has 0 saturated heterocycles. The third-order valence-corrected chi connectivity index (χ3v) is 3.01. The van der Waals surface area contributed by atoms with Gasteiger partial charge in [0.25, 0.3) is 0 Å². The average Bonchev–Trinajstić information content (AvgIpc) is 2.15. The van der Waals surface area contributed by atoms with Gasteiger partial charge in [-0.1, -0.05) is 25.5 Å². The van der Waals surface area contributed by atoms with E-state index in [1.165, 1.54) is 18.4 Å². The third-order valence-electron chi connectivity index (χ3n) is 2.07. The van der Waals surface area contributed by atoms with Crippen molar-refractivity contribution in [1.82, 2.24) is 0 Å². The van der Waals surface area contributed by atoms with E-state index in [0.717, 1.165) is 11.3 Å². The van der Waals surface area contributed by atoms with Gasteiger partial charge in [-0.15, -0.1) is 0 Å². The summed E-state index contributed by atoms with van der Waals surface area (Å²) in [5.74, 6) is 0. The van der Waals surface area contributed by atoms with Crippen LogP contribution in [0, 0.1) is 0 Å². The highest BCUT2D eigenvalue weighted by atomic mass is 32.2. The fourth-order valence-corrected chi connectivity index (χ4v) is 1.75. The molecule has 0 aliphatic rings. The van der Waals surface area contributed by atoms with Crippen molar-refractivity contribution in [3.8, 4) is 0 Å². The first-order valence-electron chi connectivity index (χ1n) is 4.66. The molecule has 0 spiro atoms. The van der Waals surface area contributed by atoms with E-state index in [2.05, 4.69) is 19.1 Å². The van der Waals surface area contributed by atoms with Gasteiger partial charge in [0.05, 0.1) is 0 Å². The minimum atomic E-state index is -0.843. The summed E-state index contributed by atoms with van der Waals surface area (Å²) in [7, 11) is -0.843. The number of aryl methyl sites for hydroxylation is 1. The fourth-order valence-electron chi connectivity index (χ4n) is 1.23. The van der Waals surface area contributed by atoms with Crippen LogP contribution in [0.4, 0.5) is 0 Å². The Morgan fingerprint density at radius 1 is 1.23 bits per heavy atom. The van der Waals surface area contributed by atoms with E-state index in [4.69, 9.17) is 0 Å². The molecule has 1 unspecified atom stereocenters. The highest BCUT2D eigenvalue weighted by molar-refractivity contribution is 7.84. The predicted octanol–water partition coefficient (Wildman–Crippen LogP) is 2.77. The third kappa shape index (κ3) is 3.31. The van der Waals surface area contributed by atoms with Crippen LogP contribution in [0.1, 0.15) is 25.3 Å². The molecule has 1 aromatic rings. The summed E-state index contributed by atoms with van der Waals surface area (Å²) in [6.07, 6.45) is 5.30. The minimum Gasteiger partial charge on any atom is -0.255 e. The number of hydrogen-bond donors (Lipinski definition) is 0. The average molecular weight is 196 g/mol. The van der Waals surface area contributed by atoms with Crippen molar-refractivity contribution in [2.24, 2.45) is 0 Å². The standard InChI is InChI=1S/C11H16OS/c1-3-4-5-10-6-8-11(9-7-10)13(2)12/h6-9H,3-5H2,1-2H3. The molecule has 0 saturated carbocycles. The molecule has 0 fully saturated rings. The zero-order chi connectivity index (χ0) is 9.68. The van der Waals surface area contributed by atoms with Crippen LogP contribution in [0.3, 0.4) is 0 Å². The maximum Gasteiger partial charge on any atom is 0.0498 e. The van der Waals surface area contributed by atoms with E-state index >= 15 is 0 Å². The lowest BCUT2D eigenvalue weighted by molar-refractivity contribution is 0.686. The quantitative estimate of drug-likeness (QED) is 0.723. The maximum atomic E-state index is 11.1. The Morgan fingerprint density at radius 3 is 2.31 bits per heavy atom. The molecule has 2 heteroatoms. The van der Waals surface area contributed by atoms with Crippen molar-refractivity contribution < 1.29 is 4.21 Å². The summed E-state index contributed by atoms with van der Waals surface area (Å²) < 4.78 is 11.1. The van der Waals surface area contributed by atoms with E-state index in [0.29, 0.717) is 0 Å². The van der Waals surface area contributed by atoms with Crippen molar-refractivity contribution in [3.63, 3.8) is 0 Å². The molecule has 0 bridgehead atoms. The number of rotatable bonds is 4. The van der Waals surface area contributed by atoms with Crippen LogP contribution in [0.5, 0.6) is 0 Å². The van der Waals surface area contributed by atoms with Crippen molar-refractivity contribution in [3.05, 3.63) is 29.8 Å². The molecule has 0 aromatic heterocycles. The smallest absolute Gasteiger partial charge is 0.0498 e. The molecule has 72 valence electrons. The Balaban J connectivity index is 2.64. The molecule has 1 nitrogen and oxygen atoms in total. The maximum absolute atomic E-state index is 11.1. The predicted molar refractivity (Wildman–Crippen MR) is 57.4 cm³/mol. The monoisotopic (exact) mass is 196 g/mol. The topological polar surface area (TPSA) is 17.1 Å². The number of benzene rings is 1. The molecule has 1 atom stereocenters. The SMILES string of the molecule is CCCCc1ccc(S(C)=O)cc1. The van der Waals surface area contributed by atoms with Crippen LogP contribution in [0.15, 0.2) is 29.2 Å². The molecule has 0 aliphatic carbocycles. The Hall–Kier alpha value is -0.630. The lowest BCUT2D eigenvalue weighted by atomic mass is 10.1. The molecule has 1 aromatic carbocycles. The van der Waals surface area contributed by atoms with Gasteiger partial charge in [0, 0.05) is 22.0 Å². The summed E-state index contributed by atoms with van der Waals surface area (Å²) in [5.41, 5.74) is 1.34. The van der Waals surface area contributed by atoms with Crippen LogP contribution in [0.25, 0.3) is 0 Å². The lowest BCUT2D eigenvalue weighted by Crippen LogP contribution is -1.89. The van der Waals surface area contributed by atoms with E-state index in [1.54, 1.807) is 6.26 Å². The number of unbranched alkanes of at least 4 members (excludes halogenated alkanes) is 1. The molecular formula is C11H16OS. The molecule has 0 aliphatic heterocycles. The lowest BCUT2D eigenvalue weighted by Gasteiger charge is -2.00. The summed E-state index contributed by atoms with van der Waals surface area (Å²) in [4.78, 5) is 0.917.